The Hall–Kier alpha value is -2.59. The molecule has 1 amide bonds. The van der Waals surface area contributed by atoms with Crippen LogP contribution in [0.4, 0.5) is 5.69 Å². The summed E-state index contributed by atoms with van der Waals surface area (Å²) in [7, 11) is 0. The van der Waals surface area contributed by atoms with E-state index in [4.69, 9.17) is 5.26 Å². The fourth-order valence-electron chi connectivity index (χ4n) is 5.93. The summed E-state index contributed by atoms with van der Waals surface area (Å²) in [4.78, 5) is 20.0. The van der Waals surface area contributed by atoms with Crippen LogP contribution in [-0.2, 0) is 0 Å². The standard InChI is InChI=1S/C20H23N5O2/c21-2-4-23-19(26)15-10-24-18-14(1-3-22-18)17(15)25-16-12-5-11-6-13(16)9-20(27,7-11)8-12/h1,3,10-13,16,27H,4-9H2,(H,23,26)(H2,22,24,25)/t11?,12-,13+,16?,20?. The number of anilines is 1. The molecule has 27 heavy (non-hydrogen) atoms. The van der Waals surface area contributed by atoms with Crippen molar-refractivity contribution in [1.82, 2.24) is 15.3 Å². The summed E-state index contributed by atoms with van der Waals surface area (Å²) in [6.07, 6.45) is 8.31. The highest BCUT2D eigenvalue weighted by atomic mass is 16.3. The molecule has 4 aliphatic carbocycles. The van der Waals surface area contributed by atoms with E-state index in [1.165, 1.54) is 0 Å². The predicted molar refractivity (Wildman–Crippen MR) is 100.0 cm³/mol. The van der Waals surface area contributed by atoms with Gasteiger partial charge < -0.3 is 20.7 Å². The Balaban J connectivity index is 1.50. The Bertz CT molecular complexity index is 929. The molecule has 4 N–H and O–H groups in total. The van der Waals surface area contributed by atoms with Gasteiger partial charge >= 0.3 is 0 Å². The van der Waals surface area contributed by atoms with E-state index in [1.807, 2.05) is 18.3 Å². The molecule has 2 aromatic rings. The van der Waals surface area contributed by atoms with E-state index >= 15 is 0 Å². The number of carbonyl (C=O) groups excluding carboxylic acids is 1. The molecule has 4 saturated carbocycles. The normalized spacial score (nSPS) is 33.8. The predicted octanol–water partition coefficient (Wildman–Crippen LogP) is 2.17. The molecule has 2 aromatic heterocycles. The largest absolute Gasteiger partial charge is 0.390 e. The number of rotatable bonds is 4. The third kappa shape index (κ3) is 2.67. The number of nitrogens with one attached hydrogen (secondary N) is 3. The third-order valence-corrected chi connectivity index (χ3v) is 6.71. The average molecular weight is 365 g/mol. The van der Waals surface area contributed by atoms with Crippen LogP contribution in [0.15, 0.2) is 18.5 Å². The summed E-state index contributed by atoms with van der Waals surface area (Å²) in [6, 6.07) is 4.12. The molecule has 4 bridgehead atoms. The Morgan fingerprint density at radius 1 is 1.37 bits per heavy atom. The highest BCUT2D eigenvalue weighted by molar-refractivity contribution is 6.06. The average Bonchev–Trinajstić information content (AvgIpc) is 3.10. The summed E-state index contributed by atoms with van der Waals surface area (Å²) >= 11 is 0. The van der Waals surface area contributed by atoms with Gasteiger partial charge in [0.15, 0.2) is 0 Å². The van der Waals surface area contributed by atoms with Crippen molar-refractivity contribution in [2.75, 3.05) is 11.9 Å². The number of aliphatic hydroxyl groups is 1. The molecule has 4 fully saturated rings. The number of nitriles is 1. The van der Waals surface area contributed by atoms with Crippen LogP contribution >= 0.6 is 0 Å². The van der Waals surface area contributed by atoms with Crippen molar-refractivity contribution in [1.29, 1.82) is 5.26 Å². The number of amides is 1. The van der Waals surface area contributed by atoms with Crippen molar-refractivity contribution in [3.8, 4) is 6.07 Å². The first-order valence-electron chi connectivity index (χ1n) is 9.66. The minimum Gasteiger partial charge on any atom is -0.390 e. The highest BCUT2D eigenvalue weighted by Crippen LogP contribution is 2.56. The lowest BCUT2D eigenvalue weighted by molar-refractivity contribution is -0.129. The molecule has 4 aliphatic rings. The fourth-order valence-corrected chi connectivity index (χ4v) is 5.93. The van der Waals surface area contributed by atoms with Gasteiger partial charge in [0.05, 0.1) is 22.9 Å². The van der Waals surface area contributed by atoms with Crippen molar-refractivity contribution < 1.29 is 9.90 Å². The molecule has 6 rings (SSSR count). The molecular formula is C20H23N5O2. The topological polar surface area (TPSA) is 114 Å². The van der Waals surface area contributed by atoms with E-state index in [2.05, 4.69) is 20.6 Å². The molecular weight excluding hydrogens is 342 g/mol. The molecule has 3 unspecified atom stereocenters. The lowest BCUT2D eigenvalue weighted by Crippen LogP contribution is -2.59. The number of hydrogen-bond acceptors (Lipinski definition) is 5. The maximum absolute atomic E-state index is 12.6. The molecule has 0 spiro atoms. The third-order valence-electron chi connectivity index (χ3n) is 6.71. The first-order valence-corrected chi connectivity index (χ1v) is 9.66. The quantitative estimate of drug-likeness (QED) is 0.620. The van der Waals surface area contributed by atoms with Crippen LogP contribution in [0.5, 0.6) is 0 Å². The lowest BCUT2D eigenvalue weighted by Gasteiger charge is -2.58. The van der Waals surface area contributed by atoms with Gasteiger partial charge in [-0.1, -0.05) is 0 Å². The van der Waals surface area contributed by atoms with Gasteiger partial charge in [-0.15, -0.1) is 0 Å². The van der Waals surface area contributed by atoms with Crippen LogP contribution in [0, 0.1) is 29.1 Å². The number of fused-ring (bicyclic) bond motifs is 1. The second kappa shape index (κ2) is 5.96. The zero-order chi connectivity index (χ0) is 18.6. The molecule has 0 radical (unpaired) electrons. The number of nitrogens with zero attached hydrogens (tertiary/aromatic N) is 2. The Labute approximate surface area is 157 Å². The number of H-pyrrole nitrogens is 1. The van der Waals surface area contributed by atoms with Crippen molar-refractivity contribution in [2.45, 2.75) is 43.7 Å². The lowest BCUT2D eigenvalue weighted by atomic mass is 9.52. The van der Waals surface area contributed by atoms with Crippen LogP contribution in [0.3, 0.4) is 0 Å². The fraction of sp³-hybridized carbons (Fsp3) is 0.550. The number of aromatic amines is 1. The molecule has 2 heterocycles. The maximum Gasteiger partial charge on any atom is 0.255 e. The van der Waals surface area contributed by atoms with E-state index in [0.29, 0.717) is 23.3 Å². The Kier molecular flexibility index (Phi) is 3.66. The zero-order valence-electron chi connectivity index (χ0n) is 15.0. The van der Waals surface area contributed by atoms with Gasteiger partial charge in [-0.2, -0.15) is 5.26 Å². The van der Waals surface area contributed by atoms with Crippen molar-refractivity contribution in [2.24, 2.45) is 17.8 Å². The summed E-state index contributed by atoms with van der Waals surface area (Å²) < 4.78 is 0. The molecule has 0 aliphatic heterocycles. The molecule has 0 aromatic carbocycles. The molecule has 7 heteroatoms. The monoisotopic (exact) mass is 365 g/mol. The van der Waals surface area contributed by atoms with E-state index in [9.17, 15) is 9.90 Å². The van der Waals surface area contributed by atoms with Crippen LogP contribution in [0.25, 0.3) is 11.0 Å². The van der Waals surface area contributed by atoms with Crippen LogP contribution in [0.2, 0.25) is 0 Å². The molecule has 140 valence electrons. The Morgan fingerprint density at radius 2 is 2.15 bits per heavy atom. The smallest absolute Gasteiger partial charge is 0.255 e. The van der Waals surface area contributed by atoms with Crippen molar-refractivity contribution in [3.63, 3.8) is 0 Å². The number of pyridine rings is 1. The van der Waals surface area contributed by atoms with E-state index < -0.39 is 5.60 Å². The minimum atomic E-state index is -0.483. The second-order valence-electron chi connectivity index (χ2n) is 8.49. The summed E-state index contributed by atoms with van der Waals surface area (Å²) in [6.45, 7) is -0.0349. The van der Waals surface area contributed by atoms with Crippen LogP contribution in [-0.4, -0.2) is 39.2 Å². The molecule has 5 atom stereocenters. The summed E-state index contributed by atoms with van der Waals surface area (Å²) in [5.74, 6) is 1.20. The van der Waals surface area contributed by atoms with Gasteiger partial charge in [0.2, 0.25) is 0 Å². The zero-order valence-corrected chi connectivity index (χ0v) is 15.0. The van der Waals surface area contributed by atoms with Gasteiger partial charge in [0.25, 0.3) is 5.91 Å². The van der Waals surface area contributed by atoms with Crippen LogP contribution in [0.1, 0.15) is 42.5 Å². The van der Waals surface area contributed by atoms with E-state index in [1.54, 1.807) is 6.20 Å². The van der Waals surface area contributed by atoms with Crippen LogP contribution < -0.4 is 10.6 Å². The SMILES string of the molecule is N#CCNC(=O)c1cnc2[nH]ccc2c1NC1[C@@H]2CC3C[C@H]1CC(O)(C3)C2. The number of carbonyl (C=O) groups is 1. The second-order valence-corrected chi connectivity index (χ2v) is 8.49. The Morgan fingerprint density at radius 3 is 2.85 bits per heavy atom. The minimum absolute atomic E-state index is 0.0349. The van der Waals surface area contributed by atoms with Gasteiger partial charge in [-0.05, 0) is 55.9 Å². The van der Waals surface area contributed by atoms with Crippen molar-refractivity contribution in [3.05, 3.63) is 24.0 Å². The molecule has 0 saturated heterocycles. The van der Waals surface area contributed by atoms with Gasteiger partial charge in [0, 0.05) is 23.8 Å². The molecule has 7 nitrogen and oxygen atoms in total. The summed E-state index contributed by atoms with van der Waals surface area (Å²) in [5.41, 5.74) is 1.49. The van der Waals surface area contributed by atoms with E-state index in [-0.39, 0.29) is 18.5 Å². The highest BCUT2D eigenvalue weighted by Gasteiger charge is 2.54. The van der Waals surface area contributed by atoms with Gasteiger partial charge in [-0.25, -0.2) is 4.98 Å². The number of aromatic nitrogens is 2. The van der Waals surface area contributed by atoms with Gasteiger partial charge in [-0.3, -0.25) is 4.79 Å². The first-order chi connectivity index (χ1) is 13.1. The van der Waals surface area contributed by atoms with Gasteiger partial charge in [0.1, 0.15) is 12.2 Å². The first kappa shape index (κ1) is 16.6. The van der Waals surface area contributed by atoms with E-state index in [0.717, 1.165) is 48.8 Å². The van der Waals surface area contributed by atoms with Crippen molar-refractivity contribution >= 4 is 22.6 Å². The summed E-state index contributed by atoms with van der Waals surface area (Å²) in [5, 5.41) is 26.8. The maximum atomic E-state index is 12.6. The number of hydrogen-bond donors (Lipinski definition) is 4.